The first-order chi connectivity index (χ1) is 9.17. The Hall–Kier alpha value is -2.10. The Bertz CT molecular complexity index is 545. The van der Waals surface area contributed by atoms with Gasteiger partial charge in [0.15, 0.2) is 0 Å². The zero-order valence-electron chi connectivity index (χ0n) is 11.1. The highest BCUT2D eigenvalue weighted by Gasteiger charge is 2.03. The standard InChI is InChI=1S/C15H17FN2O/c1-3-11(2)19-13-7-4-6-12(10-13)17-15-9-5-8-14(16)18-15/h4-11H,3H2,1-2H3,(H,17,18). The minimum atomic E-state index is -0.503. The van der Waals surface area contributed by atoms with Crippen LogP contribution in [0.25, 0.3) is 0 Å². The van der Waals surface area contributed by atoms with Crippen molar-refractivity contribution in [1.82, 2.24) is 4.98 Å². The van der Waals surface area contributed by atoms with Crippen molar-refractivity contribution in [2.75, 3.05) is 5.32 Å². The summed E-state index contributed by atoms with van der Waals surface area (Å²) in [4.78, 5) is 3.76. The summed E-state index contributed by atoms with van der Waals surface area (Å²) in [5.41, 5.74) is 0.818. The van der Waals surface area contributed by atoms with Gasteiger partial charge in [0, 0.05) is 11.8 Å². The first kappa shape index (κ1) is 13.3. The highest BCUT2D eigenvalue weighted by molar-refractivity contribution is 5.57. The third-order valence-corrected chi connectivity index (χ3v) is 2.73. The summed E-state index contributed by atoms with van der Waals surface area (Å²) in [6.45, 7) is 4.09. The van der Waals surface area contributed by atoms with Crippen LogP contribution in [0.1, 0.15) is 20.3 Å². The fourth-order valence-electron chi connectivity index (χ4n) is 1.59. The number of aromatic nitrogens is 1. The molecule has 100 valence electrons. The molecule has 0 saturated carbocycles. The third-order valence-electron chi connectivity index (χ3n) is 2.73. The molecule has 1 aromatic carbocycles. The van der Waals surface area contributed by atoms with Gasteiger partial charge in [0.25, 0.3) is 0 Å². The van der Waals surface area contributed by atoms with E-state index < -0.39 is 5.95 Å². The van der Waals surface area contributed by atoms with Crippen molar-refractivity contribution in [2.45, 2.75) is 26.4 Å². The second-order valence-electron chi connectivity index (χ2n) is 4.34. The van der Waals surface area contributed by atoms with E-state index in [1.165, 1.54) is 6.07 Å². The van der Waals surface area contributed by atoms with Crippen molar-refractivity contribution in [3.63, 3.8) is 0 Å². The fourth-order valence-corrected chi connectivity index (χ4v) is 1.59. The topological polar surface area (TPSA) is 34.1 Å². The Morgan fingerprint density at radius 3 is 2.79 bits per heavy atom. The van der Waals surface area contributed by atoms with Crippen LogP contribution in [0.5, 0.6) is 5.75 Å². The molecule has 0 aliphatic rings. The van der Waals surface area contributed by atoms with Gasteiger partial charge < -0.3 is 10.1 Å². The molecular formula is C15H17FN2O. The molecular weight excluding hydrogens is 243 g/mol. The second kappa shape index (κ2) is 6.18. The maximum absolute atomic E-state index is 13.0. The molecule has 2 rings (SSSR count). The van der Waals surface area contributed by atoms with Gasteiger partial charge in [-0.25, -0.2) is 4.98 Å². The van der Waals surface area contributed by atoms with Crippen molar-refractivity contribution in [3.8, 4) is 5.75 Å². The van der Waals surface area contributed by atoms with Gasteiger partial charge in [-0.05, 0) is 37.6 Å². The number of pyridine rings is 1. The molecule has 1 heterocycles. The van der Waals surface area contributed by atoms with Gasteiger partial charge in [0.1, 0.15) is 11.6 Å². The zero-order valence-corrected chi connectivity index (χ0v) is 11.1. The average molecular weight is 260 g/mol. The minimum Gasteiger partial charge on any atom is -0.491 e. The monoisotopic (exact) mass is 260 g/mol. The quantitative estimate of drug-likeness (QED) is 0.820. The lowest BCUT2D eigenvalue weighted by molar-refractivity contribution is 0.217. The van der Waals surface area contributed by atoms with Crippen molar-refractivity contribution in [1.29, 1.82) is 0 Å². The van der Waals surface area contributed by atoms with Crippen LogP contribution in [-0.4, -0.2) is 11.1 Å². The number of hydrogen-bond acceptors (Lipinski definition) is 3. The van der Waals surface area contributed by atoms with Gasteiger partial charge in [-0.2, -0.15) is 4.39 Å². The molecule has 1 unspecified atom stereocenters. The Balaban J connectivity index is 2.10. The average Bonchev–Trinajstić information content (AvgIpc) is 2.39. The van der Waals surface area contributed by atoms with Crippen LogP contribution in [0, 0.1) is 5.95 Å². The summed E-state index contributed by atoms with van der Waals surface area (Å²) in [5, 5.41) is 3.05. The Morgan fingerprint density at radius 1 is 1.26 bits per heavy atom. The molecule has 0 radical (unpaired) electrons. The predicted octanol–water partition coefficient (Wildman–Crippen LogP) is 4.14. The summed E-state index contributed by atoms with van der Waals surface area (Å²) in [6.07, 6.45) is 1.12. The predicted molar refractivity (Wildman–Crippen MR) is 74.3 cm³/mol. The second-order valence-corrected chi connectivity index (χ2v) is 4.34. The first-order valence-electron chi connectivity index (χ1n) is 6.33. The molecule has 2 aromatic rings. The van der Waals surface area contributed by atoms with Crippen LogP contribution in [0.2, 0.25) is 0 Å². The van der Waals surface area contributed by atoms with Gasteiger partial charge in [0.2, 0.25) is 5.95 Å². The number of nitrogens with zero attached hydrogens (tertiary/aromatic N) is 1. The van der Waals surface area contributed by atoms with Crippen LogP contribution >= 0.6 is 0 Å². The van der Waals surface area contributed by atoms with Gasteiger partial charge in [0.05, 0.1) is 6.10 Å². The van der Waals surface area contributed by atoms with E-state index >= 15 is 0 Å². The molecule has 1 atom stereocenters. The van der Waals surface area contributed by atoms with E-state index in [1.807, 2.05) is 31.2 Å². The van der Waals surface area contributed by atoms with Crippen molar-refractivity contribution >= 4 is 11.5 Å². The van der Waals surface area contributed by atoms with Crippen LogP contribution in [0.4, 0.5) is 15.9 Å². The van der Waals surface area contributed by atoms with Crippen molar-refractivity contribution < 1.29 is 9.13 Å². The molecule has 0 aliphatic carbocycles. The molecule has 1 aromatic heterocycles. The number of halogens is 1. The Labute approximate surface area is 112 Å². The summed E-state index contributed by atoms with van der Waals surface area (Å²) >= 11 is 0. The van der Waals surface area contributed by atoms with Gasteiger partial charge in [-0.3, -0.25) is 0 Å². The third kappa shape index (κ3) is 3.95. The van der Waals surface area contributed by atoms with E-state index in [2.05, 4.69) is 17.2 Å². The summed E-state index contributed by atoms with van der Waals surface area (Å²) < 4.78 is 18.7. The molecule has 0 spiro atoms. The van der Waals surface area contributed by atoms with Gasteiger partial charge >= 0.3 is 0 Å². The molecule has 0 saturated heterocycles. The Morgan fingerprint density at radius 2 is 2.05 bits per heavy atom. The molecule has 1 N–H and O–H groups in total. The Kier molecular flexibility index (Phi) is 4.34. The van der Waals surface area contributed by atoms with Crippen LogP contribution in [-0.2, 0) is 0 Å². The number of nitrogens with one attached hydrogen (secondary N) is 1. The van der Waals surface area contributed by atoms with E-state index in [9.17, 15) is 4.39 Å². The van der Waals surface area contributed by atoms with Gasteiger partial charge in [-0.1, -0.05) is 19.1 Å². The van der Waals surface area contributed by atoms with Crippen molar-refractivity contribution in [3.05, 3.63) is 48.4 Å². The smallest absolute Gasteiger partial charge is 0.214 e. The number of rotatable bonds is 5. The van der Waals surface area contributed by atoms with E-state index in [0.29, 0.717) is 5.82 Å². The maximum Gasteiger partial charge on any atom is 0.214 e. The summed E-state index contributed by atoms with van der Waals surface area (Å²) in [6, 6.07) is 12.2. The van der Waals surface area contributed by atoms with E-state index in [-0.39, 0.29) is 6.10 Å². The van der Waals surface area contributed by atoms with Crippen LogP contribution in [0.3, 0.4) is 0 Å². The summed E-state index contributed by atoms with van der Waals surface area (Å²) in [7, 11) is 0. The molecule has 4 heteroatoms. The van der Waals surface area contributed by atoms with E-state index in [0.717, 1.165) is 17.9 Å². The zero-order chi connectivity index (χ0) is 13.7. The molecule has 0 aliphatic heterocycles. The lowest BCUT2D eigenvalue weighted by atomic mass is 10.2. The molecule has 0 amide bonds. The largest absolute Gasteiger partial charge is 0.491 e. The maximum atomic E-state index is 13.0. The van der Waals surface area contributed by atoms with Crippen LogP contribution in [0.15, 0.2) is 42.5 Å². The van der Waals surface area contributed by atoms with Crippen LogP contribution < -0.4 is 10.1 Å². The summed E-state index contributed by atoms with van der Waals surface area (Å²) in [5.74, 6) is 0.758. The normalized spacial score (nSPS) is 11.9. The first-order valence-corrected chi connectivity index (χ1v) is 6.33. The highest BCUT2D eigenvalue weighted by Crippen LogP contribution is 2.21. The van der Waals surface area contributed by atoms with Crippen molar-refractivity contribution in [2.24, 2.45) is 0 Å². The number of anilines is 2. The lowest BCUT2D eigenvalue weighted by Gasteiger charge is -2.13. The number of ether oxygens (including phenoxy) is 1. The highest BCUT2D eigenvalue weighted by atomic mass is 19.1. The number of hydrogen-bond donors (Lipinski definition) is 1. The van der Waals surface area contributed by atoms with E-state index in [1.54, 1.807) is 12.1 Å². The molecule has 3 nitrogen and oxygen atoms in total. The van der Waals surface area contributed by atoms with E-state index in [4.69, 9.17) is 4.74 Å². The molecule has 0 bridgehead atoms. The minimum absolute atomic E-state index is 0.169. The lowest BCUT2D eigenvalue weighted by Crippen LogP contribution is -2.09. The fraction of sp³-hybridized carbons (Fsp3) is 0.267. The molecule has 0 fully saturated rings. The van der Waals surface area contributed by atoms with Gasteiger partial charge in [-0.15, -0.1) is 0 Å². The number of benzene rings is 1. The molecule has 19 heavy (non-hydrogen) atoms. The SMILES string of the molecule is CCC(C)Oc1cccc(Nc2cccc(F)n2)c1.